The maximum Gasteiger partial charge on any atom is 0.115 e. The van der Waals surface area contributed by atoms with E-state index in [0.29, 0.717) is 13.1 Å². The monoisotopic (exact) mass is 197 g/mol. The molecule has 78 valence electrons. The van der Waals surface area contributed by atoms with Gasteiger partial charge in [0.15, 0.2) is 0 Å². The van der Waals surface area contributed by atoms with Gasteiger partial charge in [-0.25, -0.2) is 0 Å². The number of phenols is 1. The van der Waals surface area contributed by atoms with Crippen LogP contribution in [-0.4, -0.2) is 41.6 Å². The topological polar surface area (TPSA) is 63.9 Å². The van der Waals surface area contributed by atoms with Crippen molar-refractivity contribution in [2.24, 2.45) is 0 Å². The number of phenolic OH excluding ortho intramolecular Hbond substituents is 1. The summed E-state index contributed by atoms with van der Waals surface area (Å²) < 4.78 is 0. The van der Waals surface area contributed by atoms with Crippen molar-refractivity contribution >= 4 is 5.69 Å². The molecule has 0 fully saturated rings. The molecule has 0 spiro atoms. The zero-order valence-corrected chi connectivity index (χ0v) is 7.93. The minimum Gasteiger partial charge on any atom is -0.508 e. The first kappa shape index (κ1) is 10.8. The van der Waals surface area contributed by atoms with Crippen LogP contribution in [0, 0.1) is 0 Å². The molecule has 0 saturated heterocycles. The van der Waals surface area contributed by atoms with Crippen LogP contribution < -0.4 is 4.90 Å². The van der Waals surface area contributed by atoms with Gasteiger partial charge in [0, 0.05) is 18.8 Å². The van der Waals surface area contributed by atoms with Gasteiger partial charge in [0.2, 0.25) is 0 Å². The van der Waals surface area contributed by atoms with Crippen LogP contribution in [-0.2, 0) is 0 Å². The molecule has 3 N–H and O–H groups in total. The number of hydrogen-bond donors (Lipinski definition) is 3. The summed E-state index contributed by atoms with van der Waals surface area (Å²) in [6.07, 6.45) is 0. The van der Waals surface area contributed by atoms with Crippen molar-refractivity contribution in [3.8, 4) is 5.75 Å². The molecule has 0 aliphatic heterocycles. The van der Waals surface area contributed by atoms with Gasteiger partial charge in [0.1, 0.15) is 5.75 Å². The molecule has 0 amide bonds. The number of rotatable bonds is 5. The number of hydrogen-bond acceptors (Lipinski definition) is 4. The largest absolute Gasteiger partial charge is 0.508 e. The number of anilines is 1. The minimum absolute atomic E-state index is 0.0425. The Hall–Kier alpha value is -1.26. The predicted molar refractivity (Wildman–Crippen MR) is 54.5 cm³/mol. The second-order valence-corrected chi connectivity index (χ2v) is 2.95. The molecule has 0 aliphatic rings. The van der Waals surface area contributed by atoms with Crippen molar-refractivity contribution < 1.29 is 15.3 Å². The number of nitrogens with zero attached hydrogens (tertiary/aromatic N) is 1. The summed E-state index contributed by atoms with van der Waals surface area (Å²) in [5.41, 5.74) is 0.880. The van der Waals surface area contributed by atoms with Crippen LogP contribution in [0.5, 0.6) is 5.75 Å². The highest BCUT2D eigenvalue weighted by Gasteiger charge is 2.04. The van der Waals surface area contributed by atoms with Crippen LogP contribution in [0.2, 0.25) is 0 Å². The third-order valence-corrected chi connectivity index (χ3v) is 1.95. The lowest BCUT2D eigenvalue weighted by Gasteiger charge is -2.22. The van der Waals surface area contributed by atoms with E-state index in [-0.39, 0.29) is 19.0 Å². The highest BCUT2D eigenvalue weighted by atomic mass is 16.3. The standard InChI is InChI=1S/C10H15NO3/c12-7-5-11(6-8-13)9-1-3-10(14)4-2-9/h1-4,12-14H,5-8H2. The van der Waals surface area contributed by atoms with E-state index in [0.717, 1.165) is 5.69 Å². The maximum atomic E-state index is 9.08. The van der Waals surface area contributed by atoms with Crippen LogP contribution >= 0.6 is 0 Å². The van der Waals surface area contributed by atoms with Crippen molar-refractivity contribution in [2.45, 2.75) is 0 Å². The van der Waals surface area contributed by atoms with Crippen LogP contribution in [0.25, 0.3) is 0 Å². The van der Waals surface area contributed by atoms with E-state index in [1.165, 1.54) is 0 Å². The van der Waals surface area contributed by atoms with Gasteiger partial charge < -0.3 is 20.2 Å². The van der Waals surface area contributed by atoms with Crippen molar-refractivity contribution in [1.29, 1.82) is 0 Å². The Balaban J connectivity index is 2.71. The number of aliphatic hydroxyl groups excluding tert-OH is 2. The molecule has 1 aromatic rings. The molecule has 4 nitrogen and oxygen atoms in total. The van der Waals surface area contributed by atoms with Gasteiger partial charge in [-0.15, -0.1) is 0 Å². The zero-order valence-electron chi connectivity index (χ0n) is 7.93. The average molecular weight is 197 g/mol. The Kier molecular flexibility index (Phi) is 4.22. The van der Waals surface area contributed by atoms with Crippen LogP contribution in [0.4, 0.5) is 5.69 Å². The van der Waals surface area contributed by atoms with E-state index in [1.54, 1.807) is 24.3 Å². The lowest BCUT2D eigenvalue weighted by Crippen LogP contribution is -2.29. The summed E-state index contributed by atoms with van der Waals surface area (Å²) >= 11 is 0. The van der Waals surface area contributed by atoms with Crippen LogP contribution in [0.3, 0.4) is 0 Å². The van der Waals surface area contributed by atoms with Crippen molar-refractivity contribution in [3.63, 3.8) is 0 Å². The second-order valence-electron chi connectivity index (χ2n) is 2.95. The van der Waals surface area contributed by atoms with Crippen LogP contribution in [0.15, 0.2) is 24.3 Å². The molecule has 14 heavy (non-hydrogen) atoms. The molecule has 0 saturated carbocycles. The molecular formula is C10H15NO3. The molecule has 0 unspecified atom stereocenters. The fourth-order valence-corrected chi connectivity index (χ4v) is 1.27. The van der Waals surface area contributed by atoms with Gasteiger partial charge in [-0.2, -0.15) is 0 Å². The normalized spacial score (nSPS) is 10.1. The molecule has 1 aromatic carbocycles. The Morgan fingerprint density at radius 1 is 0.929 bits per heavy atom. The van der Waals surface area contributed by atoms with Crippen molar-refractivity contribution in [3.05, 3.63) is 24.3 Å². The smallest absolute Gasteiger partial charge is 0.115 e. The van der Waals surface area contributed by atoms with E-state index in [4.69, 9.17) is 15.3 Å². The fraction of sp³-hybridized carbons (Fsp3) is 0.400. The van der Waals surface area contributed by atoms with Gasteiger partial charge in [-0.1, -0.05) is 0 Å². The minimum atomic E-state index is 0.0425. The molecule has 4 heteroatoms. The van der Waals surface area contributed by atoms with Gasteiger partial charge in [0.05, 0.1) is 13.2 Å². The first-order chi connectivity index (χ1) is 6.77. The first-order valence-electron chi connectivity index (χ1n) is 4.53. The molecule has 0 radical (unpaired) electrons. The molecular weight excluding hydrogens is 182 g/mol. The molecule has 0 heterocycles. The Labute approximate surface area is 83.0 Å². The van der Waals surface area contributed by atoms with E-state index < -0.39 is 0 Å². The van der Waals surface area contributed by atoms with Crippen LogP contribution in [0.1, 0.15) is 0 Å². The van der Waals surface area contributed by atoms with Gasteiger partial charge >= 0.3 is 0 Å². The van der Waals surface area contributed by atoms with Gasteiger partial charge in [-0.3, -0.25) is 0 Å². The quantitative estimate of drug-likeness (QED) is 0.630. The average Bonchev–Trinajstić information content (AvgIpc) is 2.19. The molecule has 1 rings (SSSR count). The third-order valence-electron chi connectivity index (χ3n) is 1.95. The third kappa shape index (κ3) is 2.90. The summed E-state index contributed by atoms with van der Waals surface area (Å²) in [5, 5.41) is 26.7. The summed E-state index contributed by atoms with van der Waals surface area (Å²) in [5.74, 6) is 0.210. The van der Waals surface area contributed by atoms with E-state index in [9.17, 15) is 0 Å². The summed E-state index contributed by atoms with van der Waals surface area (Å²) in [7, 11) is 0. The molecule has 0 bridgehead atoms. The highest BCUT2D eigenvalue weighted by Crippen LogP contribution is 2.17. The van der Waals surface area contributed by atoms with E-state index >= 15 is 0 Å². The van der Waals surface area contributed by atoms with Crippen molar-refractivity contribution in [1.82, 2.24) is 0 Å². The Morgan fingerprint density at radius 3 is 1.86 bits per heavy atom. The molecule has 0 atom stereocenters. The second kappa shape index (κ2) is 5.47. The maximum absolute atomic E-state index is 9.08. The lowest BCUT2D eigenvalue weighted by atomic mass is 10.2. The number of aliphatic hydroxyl groups is 2. The first-order valence-corrected chi connectivity index (χ1v) is 4.53. The number of benzene rings is 1. The molecule has 0 aromatic heterocycles. The SMILES string of the molecule is OCCN(CCO)c1ccc(O)cc1. The van der Waals surface area contributed by atoms with Crippen molar-refractivity contribution in [2.75, 3.05) is 31.2 Å². The number of aromatic hydroxyl groups is 1. The van der Waals surface area contributed by atoms with Gasteiger partial charge in [-0.05, 0) is 24.3 Å². The van der Waals surface area contributed by atoms with E-state index in [2.05, 4.69) is 0 Å². The summed E-state index contributed by atoms with van der Waals surface area (Å²) in [6.45, 7) is 1.04. The molecule has 0 aliphatic carbocycles. The fourth-order valence-electron chi connectivity index (χ4n) is 1.27. The highest BCUT2D eigenvalue weighted by molar-refractivity contribution is 5.48. The predicted octanol–water partition coefficient (Wildman–Crippen LogP) is 0.183. The Morgan fingerprint density at radius 2 is 1.43 bits per heavy atom. The summed E-state index contributed by atoms with van der Waals surface area (Å²) in [6, 6.07) is 6.66. The lowest BCUT2D eigenvalue weighted by molar-refractivity contribution is 0.281. The Bertz CT molecular complexity index is 255. The zero-order chi connectivity index (χ0) is 10.4. The summed E-state index contributed by atoms with van der Waals surface area (Å²) in [4.78, 5) is 1.85. The van der Waals surface area contributed by atoms with Gasteiger partial charge in [0.25, 0.3) is 0 Å². The van der Waals surface area contributed by atoms with E-state index in [1.807, 2.05) is 4.90 Å².